The van der Waals surface area contributed by atoms with Crippen LogP contribution in [0.2, 0.25) is 0 Å². The fourth-order valence-corrected chi connectivity index (χ4v) is 4.28. The predicted molar refractivity (Wildman–Crippen MR) is 129 cm³/mol. The molecule has 0 aliphatic carbocycles. The van der Waals surface area contributed by atoms with Gasteiger partial charge in [-0.25, -0.2) is 0 Å². The average molecular weight is 411 g/mol. The molecule has 2 nitrogen and oxygen atoms in total. The van der Waals surface area contributed by atoms with Crippen LogP contribution >= 0.6 is 0 Å². The first kappa shape index (κ1) is 24.5. The van der Waals surface area contributed by atoms with Gasteiger partial charge in [-0.1, -0.05) is 77.9 Å². The van der Waals surface area contributed by atoms with E-state index in [1.165, 1.54) is 22.3 Å². The molecule has 2 heteroatoms. The second-order valence-corrected chi connectivity index (χ2v) is 9.74. The molecule has 0 saturated heterocycles. The Kier molecular flexibility index (Phi) is 8.55. The Hall–Kier alpha value is -1.80. The van der Waals surface area contributed by atoms with E-state index in [0.717, 1.165) is 44.5 Å². The van der Waals surface area contributed by atoms with Crippen molar-refractivity contribution in [1.29, 1.82) is 0 Å². The molecule has 0 aromatic heterocycles. The number of rotatable bonds is 10. The van der Waals surface area contributed by atoms with Crippen molar-refractivity contribution in [2.75, 3.05) is 6.61 Å². The van der Waals surface area contributed by atoms with Crippen LogP contribution in [0, 0.1) is 12.3 Å². The zero-order valence-corrected chi connectivity index (χ0v) is 20.2. The molecule has 0 bridgehead atoms. The number of aryl methyl sites for hydroxylation is 2. The van der Waals surface area contributed by atoms with E-state index in [-0.39, 0.29) is 16.9 Å². The van der Waals surface area contributed by atoms with Gasteiger partial charge in [0.1, 0.15) is 5.75 Å². The summed E-state index contributed by atoms with van der Waals surface area (Å²) >= 11 is 0. The van der Waals surface area contributed by atoms with Crippen LogP contribution in [-0.2, 0) is 11.8 Å². The summed E-state index contributed by atoms with van der Waals surface area (Å²) in [5.41, 5.74) is 5.18. The third-order valence-electron chi connectivity index (χ3n) is 6.61. The normalized spacial score (nSPS) is 13.3. The van der Waals surface area contributed by atoms with Crippen molar-refractivity contribution in [3.8, 4) is 5.75 Å². The number of hydrogen-bond acceptors (Lipinski definition) is 2. The maximum Gasteiger partial charge on any atom is 0.122 e. The summed E-state index contributed by atoms with van der Waals surface area (Å²) in [5, 5.41) is 10.3. The Bertz CT molecular complexity index is 779. The van der Waals surface area contributed by atoms with E-state index in [0.29, 0.717) is 0 Å². The summed E-state index contributed by atoms with van der Waals surface area (Å²) in [6.07, 6.45) is 4.56. The van der Waals surface area contributed by atoms with E-state index in [4.69, 9.17) is 4.74 Å². The predicted octanol–water partition coefficient (Wildman–Crippen LogP) is 7.23. The molecule has 2 aromatic rings. The highest BCUT2D eigenvalue weighted by Gasteiger charge is 2.31. The maximum atomic E-state index is 10.3. The second kappa shape index (κ2) is 10.5. The smallest absolute Gasteiger partial charge is 0.122 e. The number of ether oxygens (including phenoxy) is 1. The van der Waals surface area contributed by atoms with Gasteiger partial charge in [-0.05, 0) is 72.8 Å². The molecular weight excluding hydrogens is 368 g/mol. The first-order valence-corrected chi connectivity index (χ1v) is 11.7. The highest BCUT2D eigenvalue weighted by molar-refractivity contribution is 5.45. The van der Waals surface area contributed by atoms with Crippen molar-refractivity contribution < 1.29 is 9.84 Å². The number of aliphatic hydroxyl groups is 1. The van der Waals surface area contributed by atoms with Gasteiger partial charge in [0.25, 0.3) is 0 Å². The molecule has 0 fully saturated rings. The number of hydrogen-bond donors (Lipinski definition) is 1. The van der Waals surface area contributed by atoms with Gasteiger partial charge >= 0.3 is 0 Å². The molecule has 0 saturated carbocycles. The summed E-state index contributed by atoms with van der Waals surface area (Å²) < 4.78 is 5.89. The Balaban J connectivity index is 2.26. The highest BCUT2D eigenvalue weighted by atomic mass is 16.5. The van der Waals surface area contributed by atoms with Crippen molar-refractivity contribution in [1.82, 2.24) is 0 Å². The van der Waals surface area contributed by atoms with E-state index >= 15 is 0 Å². The lowest BCUT2D eigenvalue weighted by atomic mass is 9.70. The van der Waals surface area contributed by atoms with E-state index in [2.05, 4.69) is 90.9 Å². The van der Waals surface area contributed by atoms with Crippen LogP contribution in [0.4, 0.5) is 0 Å². The molecule has 1 unspecified atom stereocenters. The van der Waals surface area contributed by atoms with Gasteiger partial charge in [0.2, 0.25) is 0 Å². The number of benzene rings is 2. The first-order chi connectivity index (χ1) is 14.2. The summed E-state index contributed by atoms with van der Waals surface area (Å²) in [6.45, 7) is 15.9. The highest BCUT2D eigenvalue weighted by Crippen LogP contribution is 2.40. The Morgan fingerprint density at radius 2 is 1.50 bits per heavy atom. The third-order valence-corrected chi connectivity index (χ3v) is 6.61. The van der Waals surface area contributed by atoms with Crippen molar-refractivity contribution in [3.05, 3.63) is 64.7 Å². The molecule has 30 heavy (non-hydrogen) atoms. The van der Waals surface area contributed by atoms with Gasteiger partial charge in [0.05, 0.1) is 12.7 Å². The molecule has 1 N–H and O–H groups in total. The third kappa shape index (κ3) is 5.66. The van der Waals surface area contributed by atoms with Crippen molar-refractivity contribution in [2.24, 2.45) is 5.41 Å². The molecule has 0 heterocycles. The molecule has 0 aliphatic heterocycles. The van der Waals surface area contributed by atoms with Crippen molar-refractivity contribution in [2.45, 2.75) is 92.1 Å². The molecule has 2 aromatic carbocycles. The molecule has 0 spiro atoms. The zero-order valence-electron chi connectivity index (χ0n) is 20.2. The first-order valence-electron chi connectivity index (χ1n) is 11.7. The molecule has 0 aliphatic rings. The van der Waals surface area contributed by atoms with E-state index < -0.39 is 0 Å². The van der Waals surface area contributed by atoms with Crippen LogP contribution in [0.3, 0.4) is 0 Å². The van der Waals surface area contributed by atoms with Crippen molar-refractivity contribution in [3.63, 3.8) is 0 Å². The minimum absolute atomic E-state index is 0.0114. The maximum absolute atomic E-state index is 10.3. The summed E-state index contributed by atoms with van der Waals surface area (Å²) in [4.78, 5) is 0. The van der Waals surface area contributed by atoms with Gasteiger partial charge in [-0.3, -0.25) is 0 Å². The van der Waals surface area contributed by atoms with Crippen molar-refractivity contribution >= 4 is 0 Å². The second-order valence-electron chi connectivity index (χ2n) is 9.74. The van der Waals surface area contributed by atoms with Crippen LogP contribution in [-0.4, -0.2) is 17.8 Å². The van der Waals surface area contributed by atoms with Crippen LogP contribution in [0.5, 0.6) is 5.75 Å². The lowest BCUT2D eigenvalue weighted by Gasteiger charge is -2.34. The molecule has 0 amide bonds. The summed E-state index contributed by atoms with van der Waals surface area (Å²) in [7, 11) is 0. The SMILES string of the molecule is CCCOc1ccc(C(CC)(CC)c2ccc(CCC(O)C(C)(C)C)cc2)cc1C. The quantitative estimate of drug-likeness (QED) is 0.448. The van der Waals surface area contributed by atoms with E-state index in [1.54, 1.807) is 0 Å². The van der Waals surface area contributed by atoms with Gasteiger partial charge < -0.3 is 9.84 Å². The average Bonchev–Trinajstić information content (AvgIpc) is 2.72. The van der Waals surface area contributed by atoms with Crippen LogP contribution < -0.4 is 4.74 Å². The Morgan fingerprint density at radius 1 is 0.900 bits per heavy atom. The van der Waals surface area contributed by atoms with E-state index in [1.807, 2.05) is 0 Å². The van der Waals surface area contributed by atoms with Gasteiger partial charge in [-0.2, -0.15) is 0 Å². The van der Waals surface area contributed by atoms with Gasteiger partial charge in [0.15, 0.2) is 0 Å². The Labute approximate surface area is 184 Å². The largest absolute Gasteiger partial charge is 0.493 e. The summed E-state index contributed by atoms with van der Waals surface area (Å²) in [6, 6.07) is 15.8. The fourth-order valence-electron chi connectivity index (χ4n) is 4.28. The Morgan fingerprint density at radius 3 is 2.00 bits per heavy atom. The minimum Gasteiger partial charge on any atom is -0.493 e. The minimum atomic E-state index is -0.279. The number of aliphatic hydroxyl groups excluding tert-OH is 1. The zero-order chi connectivity index (χ0) is 22.4. The lowest BCUT2D eigenvalue weighted by molar-refractivity contribution is 0.0560. The topological polar surface area (TPSA) is 29.5 Å². The fraction of sp³-hybridized carbons (Fsp3) is 0.571. The van der Waals surface area contributed by atoms with Gasteiger partial charge in [0, 0.05) is 5.41 Å². The van der Waals surface area contributed by atoms with Gasteiger partial charge in [-0.15, -0.1) is 0 Å². The molecule has 2 rings (SSSR count). The monoisotopic (exact) mass is 410 g/mol. The van der Waals surface area contributed by atoms with E-state index in [9.17, 15) is 5.11 Å². The molecule has 1 atom stereocenters. The van der Waals surface area contributed by atoms with Crippen LogP contribution in [0.25, 0.3) is 0 Å². The van der Waals surface area contributed by atoms with Crippen LogP contribution in [0.15, 0.2) is 42.5 Å². The molecular formula is C28H42O2. The summed E-state index contributed by atoms with van der Waals surface area (Å²) in [5.74, 6) is 0.995. The van der Waals surface area contributed by atoms with Crippen LogP contribution in [0.1, 0.15) is 89.5 Å². The standard InChI is InChI=1S/C28H42O2/c1-8-19-30-25-17-16-24(20-21(25)4)28(9-2,10-3)23-14-11-22(12-15-23)13-18-26(29)27(5,6)7/h11-12,14-17,20,26,29H,8-10,13,18-19H2,1-7H3. The molecule has 166 valence electrons. The lowest BCUT2D eigenvalue weighted by Crippen LogP contribution is -2.27. The molecule has 0 radical (unpaired) electrons.